The van der Waals surface area contributed by atoms with Crippen molar-refractivity contribution in [1.82, 2.24) is 5.32 Å². The topological polar surface area (TPSA) is 12.0 Å². The van der Waals surface area contributed by atoms with Gasteiger partial charge in [0, 0.05) is 16.6 Å². The molecule has 0 aliphatic rings. The van der Waals surface area contributed by atoms with Gasteiger partial charge in [0.15, 0.2) is 0 Å². The number of rotatable bonds is 5. The van der Waals surface area contributed by atoms with E-state index in [0.29, 0.717) is 10.6 Å². The quantitative estimate of drug-likeness (QED) is 0.807. The summed E-state index contributed by atoms with van der Waals surface area (Å²) < 4.78 is 13.6. The Morgan fingerprint density at radius 3 is 2.67 bits per heavy atom. The Morgan fingerprint density at radius 1 is 1.40 bits per heavy atom. The van der Waals surface area contributed by atoms with E-state index in [2.05, 4.69) is 12.2 Å². The molecule has 15 heavy (non-hydrogen) atoms. The maximum Gasteiger partial charge on any atom is 0.129 e. The van der Waals surface area contributed by atoms with Crippen LogP contribution in [-0.2, 0) is 0 Å². The summed E-state index contributed by atoms with van der Waals surface area (Å²) in [5.41, 5.74) is 0.600. The molecule has 0 aliphatic carbocycles. The van der Waals surface area contributed by atoms with Crippen LogP contribution in [0.5, 0.6) is 0 Å². The Bertz CT molecular complexity index is 288. The van der Waals surface area contributed by atoms with Gasteiger partial charge in [-0.05, 0) is 25.1 Å². The molecule has 3 heteroatoms. The smallest absolute Gasteiger partial charge is 0.129 e. The maximum atomic E-state index is 13.6. The van der Waals surface area contributed by atoms with Crippen LogP contribution in [0.4, 0.5) is 4.39 Å². The predicted molar refractivity (Wildman–Crippen MR) is 62.7 cm³/mol. The molecular weight excluding hydrogens is 213 g/mol. The molecule has 1 unspecified atom stereocenters. The summed E-state index contributed by atoms with van der Waals surface area (Å²) in [5, 5.41) is 3.77. The lowest BCUT2D eigenvalue weighted by atomic mass is 10.0. The highest BCUT2D eigenvalue weighted by Gasteiger charge is 2.16. The first-order valence-electron chi connectivity index (χ1n) is 5.38. The highest BCUT2D eigenvalue weighted by atomic mass is 35.5. The van der Waals surface area contributed by atoms with E-state index in [1.807, 2.05) is 6.92 Å². The standard InChI is InChI=1S/C12H17ClFN/c1-3-6-11(15-4-2)12-9(13)7-5-8-10(12)14/h5,7-8,11,15H,3-4,6H2,1-2H3. The zero-order valence-corrected chi connectivity index (χ0v) is 9.94. The molecule has 84 valence electrons. The van der Waals surface area contributed by atoms with Gasteiger partial charge in [0.2, 0.25) is 0 Å². The molecule has 1 aromatic carbocycles. The molecule has 0 spiro atoms. The predicted octanol–water partition coefficient (Wildman–Crippen LogP) is 3.93. The summed E-state index contributed by atoms with van der Waals surface area (Å²) in [6.45, 7) is 4.91. The second-order valence-electron chi connectivity index (χ2n) is 3.53. The molecule has 0 aromatic heterocycles. The van der Waals surface area contributed by atoms with Crippen molar-refractivity contribution in [3.8, 4) is 0 Å². The largest absolute Gasteiger partial charge is 0.310 e. The fourth-order valence-corrected chi connectivity index (χ4v) is 2.02. The lowest BCUT2D eigenvalue weighted by Crippen LogP contribution is -2.22. The normalized spacial score (nSPS) is 12.8. The molecule has 1 atom stereocenters. The first-order valence-corrected chi connectivity index (χ1v) is 5.75. The van der Waals surface area contributed by atoms with Crippen molar-refractivity contribution in [3.05, 3.63) is 34.6 Å². The average molecular weight is 230 g/mol. The molecule has 0 bridgehead atoms. The molecule has 1 nitrogen and oxygen atoms in total. The Morgan fingerprint density at radius 2 is 2.13 bits per heavy atom. The molecule has 1 rings (SSSR count). The monoisotopic (exact) mass is 229 g/mol. The highest BCUT2D eigenvalue weighted by molar-refractivity contribution is 6.31. The number of hydrogen-bond acceptors (Lipinski definition) is 1. The maximum absolute atomic E-state index is 13.6. The van der Waals surface area contributed by atoms with E-state index in [4.69, 9.17) is 11.6 Å². The third-order valence-corrected chi connectivity index (χ3v) is 2.71. The minimum Gasteiger partial charge on any atom is -0.310 e. The van der Waals surface area contributed by atoms with Gasteiger partial charge in [0.05, 0.1) is 0 Å². The Kier molecular flexibility index (Phi) is 5.06. The van der Waals surface area contributed by atoms with Gasteiger partial charge in [-0.3, -0.25) is 0 Å². The zero-order chi connectivity index (χ0) is 11.3. The highest BCUT2D eigenvalue weighted by Crippen LogP contribution is 2.28. The van der Waals surface area contributed by atoms with E-state index in [-0.39, 0.29) is 11.9 Å². The number of benzene rings is 1. The molecule has 0 saturated heterocycles. The van der Waals surface area contributed by atoms with E-state index in [0.717, 1.165) is 19.4 Å². The molecule has 0 saturated carbocycles. The molecular formula is C12H17ClFN. The van der Waals surface area contributed by atoms with Crippen LogP contribution in [0.25, 0.3) is 0 Å². The first kappa shape index (κ1) is 12.5. The minimum absolute atomic E-state index is 0.0219. The van der Waals surface area contributed by atoms with Crippen LogP contribution >= 0.6 is 11.6 Å². The van der Waals surface area contributed by atoms with Crippen LogP contribution in [0, 0.1) is 5.82 Å². The van der Waals surface area contributed by atoms with Gasteiger partial charge in [0.1, 0.15) is 5.82 Å². The fourth-order valence-electron chi connectivity index (χ4n) is 1.73. The van der Waals surface area contributed by atoms with E-state index < -0.39 is 0 Å². The number of hydrogen-bond donors (Lipinski definition) is 1. The van der Waals surface area contributed by atoms with Crippen LogP contribution in [0.15, 0.2) is 18.2 Å². The third kappa shape index (κ3) is 3.18. The summed E-state index contributed by atoms with van der Waals surface area (Å²) in [4.78, 5) is 0. The lowest BCUT2D eigenvalue weighted by Gasteiger charge is -2.19. The number of halogens is 2. The van der Waals surface area contributed by atoms with Crippen molar-refractivity contribution in [2.24, 2.45) is 0 Å². The van der Waals surface area contributed by atoms with Gasteiger partial charge >= 0.3 is 0 Å². The molecule has 0 fully saturated rings. The van der Waals surface area contributed by atoms with Crippen molar-refractivity contribution in [2.45, 2.75) is 32.7 Å². The molecule has 0 aliphatic heterocycles. The Balaban J connectivity index is 2.98. The summed E-state index contributed by atoms with van der Waals surface area (Å²) in [5.74, 6) is -0.220. The summed E-state index contributed by atoms with van der Waals surface area (Å²) in [7, 11) is 0. The van der Waals surface area contributed by atoms with Crippen molar-refractivity contribution >= 4 is 11.6 Å². The fraction of sp³-hybridized carbons (Fsp3) is 0.500. The van der Waals surface area contributed by atoms with Crippen LogP contribution in [-0.4, -0.2) is 6.54 Å². The Hall–Kier alpha value is -0.600. The van der Waals surface area contributed by atoms with Crippen LogP contribution in [0.2, 0.25) is 5.02 Å². The average Bonchev–Trinajstić information content (AvgIpc) is 2.18. The minimum atomic E-state index is -0.220. The summed E-state index contributed by atoms with van der Waals surface area (Å²) in [6, 6.07) is 4.85. The lowest BCUT2D eigenvalue weighted by molar-refractivity contribution is 0.481. The second kappa shape index (κ2) is 6.09. The Labute approximate surface area is 95.6 Å². The van der Waals surface area contributed by atoms with Crippen LogP contribution < -0.4 is 5.32 Å². The molecule has 1 aromatic rings. The van der Waals surface area contributed by atoms with Gasteiger partial charge in [-0.25, -0.2) is 4.39 Å². The summed E-state index contributed by atoms with van der Waals surface area (Å²) >= 11 is 6.02. The second-order valence-corrected chi connectivity index (χ2v) is 3.94. The van der Waals surface area contributed by atoms with Crippen molar-refractivity contribution < 1.29 is 4.39 Å². The van der Waals surface area contributed by atoms with Gasteiger partial charge in [0.25, 0.3) is 0 Å². The molecule has 0 radical (unpaired) electrons. The van der Waals surface area contributed by atoms with Gasteiger partial charge in [-0.1, -0.05) is 37.9 Å². The first-order chi connectivity index (χ1) is 7.20. The van der Waals surface area contributed by atoms with Crippen LogP contribution in [0.1, 0.15) is 38.3 Å². The van der Waals surface area contributed by atoms with E-state index >= 15 is 0 Å². The van der Waals surface area contributed by atoms with Gasteiger partial charge in [-0.15, -0.1) is 0 Å². The van der Waals surface area contributed by atoms with E-state index in [1.165, 1.54) is 6.07 Å². The van der Waals surface area contributed by atoms with Crippen molar-refractivity contribution in [2.75, 3.05) is 6.54 Å². The van der Waals surface area contributed by atoms with Crippen molar-refractivity contribution in [3.63, 3.8) is 0 Å². The van der Waals surface area contributed by atoms with E-state index in [1.54, 1.807) is 12.1 Å². The third-order valence-electron chi connectivity index (χ3n) is 2.38. The van der Waals surface area contributed by atoms with E-state index in [9.17, 15) is 4.39 Å². The summed E-state index contributed by atoms with van der Waals surface area (Å²) in [6.07, 6.45) is 1.90. The zero-order valence-electron chi connectivity index (χ0n) is 9.19. The van der Waals surface area contributed by atoms with Crippen LogP contribution in [0.3, 0.4) is 0 Å². The van der Waals surface area contributed by atoms with Gasteiger partial charge < -0.3 is 5.32 Å². The van der Waals surface area contributed by atoms with Gasteiger partial charge in [-0.2, -0.15) is 0 Å². The molecule has 0 amide bonds. The SMILES string of the molecule is CCCC(NCC)c1c(F)cccc1Cl. The number of nitrogens with one attached hydrogen (secondary N) is 1. The van der Waals surface area contributed by atoms with Crippen molar-refractivity contribution in [1.29, 1.82) is 0 Å². The molecule has 1 N–H and O–H groups in total. The molecule has 0 heterocycles.